The van der Waals surface area contributed by atoms with Crippen molar-refractivity contribution in [3.63, 3.8) is 0 Å². The molecule has 1 aromatic rings. The highest BCUT2D eigenvalue weighted by Gasteiger charge is 2.30. The van der Waals surface area contributed by atoms with E-state index < -0.39 is 12.7 Å². The van der Waals surface area contributed by atoms with Crippen LogP contribution in [0.1, 0.15) is 31.4 Å². The first-order chi connectivity index (χ1) is 9.37. The third kappa shape index (κ3) is 5.41. The Morgan fingerprint density at radius 1 is 1.20 bits per heavy atom. The largest absolute Gasteiger partial charge is 0.405 e. The summed E-state index contributed by atoms with van der Waals surface area (Å²) in [4.78, 5) is 1.36. The van der Waals surface area contributed by atoms with E-state index >= 15 is 0 Å². The van der Waals surface area contributed by atoms with Gasteiger partial charge in [-0.15, -0.1) is 0 Å². The number of halogens is 3. The van der Waals surface area contributed by atoms with E-state index in [2.05, 4.69) is 12.2 Å². The average molecular weight is 288 g/mol. The molecule has 0 amide bonds. The predicted molar refractivity (Wildman–Crippen MR) is 77.1 cm³/mol. The molecule has 20 heavy (non-hydrogen) atoms. The maximum atomic E-state index is 12.5. The highest BCUT2D eigenvalue weighted by Crippen LogP contribution is 2.25. The second-order valence-corrected chi connectivity index (χ2v) is 4.93. The lowest BCUT2D eigenvalue weighted by Crippen LogP contribution is -2.34. The molecule has 114 valence electrons. The number of alkyl halides is 3. The summed E-state index contributed by atoms with van der Waals surface area (Å²) in [6.45, 7) is 6.82. The molecule has 0 aliphatic carbocycles. The van der Waals surface area contributed by atoms with Gasteiger partial charge in [-0.2, -0.15) is 13.2 Å². The van der Waals surface area contributed by atoms with Crippen LogP contribution in [-0.4, -0.2) is 25.8 Å². The molecule has 1 N–H and O–H groups in total. The number of anilines is 1. The van der Waals surface area contributed by atoms with E-state index in [-0.39, 0.29) is 0 Å². The standard InChI is InChI=1S/C15H23F3N2/c1-4-8-19-10-13-6-7-14(12(3)9-13)20(5-2)11-15(16,17)18/h6-7,9,19H,4-5,8,10-11H2,1-3H3. The van der Waals surface area contributed by atoms with Gasteiger partial charge in [-0.1, -0.05) is 19.1 Å². The van der Waals surface area contributed by atoms with Crippen LogP contribution in [0.4, 0.5) is 18.9 Å². The minimum absolute atomic E-state index is 0.341. The Balaban J connectivity index is 2.79. The summed E-state index contributed by atoms with van der Waals surface area (Å²) in [6, 6.07) is 5.63. The van der Waals surface area contributed by atoms with E-state index in [1.165, 1.54) is 4.90 Å². The summed E-state index contributed by atoms with van der Waals surface area (Å²) in [7, 11) is 0. The summed E-state index contributed by atoms with van der Waals surface area (Å²) in [5.74, 6) is 0. The Morgan fingerprint density at radius 2 is 1.90 bits per heavy atom. The first kappa shape index (κ1) is 16.8. The molecule has 5 heteroatoms. The van der Waals surface area contributed by atoms with Gasteiger partial charge >= 0.3 is 6.18 Å². The number of hydrogen-bond acceptors (Lipinski definition) is 2. The lowest BCUT2D eigenvalue weighted by atomic mass is 10.1. The van der Waals surface area contributed by atoms with Gasteiger partial charge in [0.05, 0.1) is 0 Å². The van der Waals surface area contributed by atoms with E-state index in [4.69, 9.17) is 0 Å². The Morgan fingerprint density at radius 3 is 2.40 bits per heavy atom. The first-order valence-electron chi connectivity index (χ1n) is 6.99. The molecule has 0 aliphatic rings. The minimum atomic E-state index is -4.18. The first-order valence-corrected chi connectivity index (χ1v) is 6.99. The second kappa shape index (κ2) is 7.53. The van der Waals surface area contributed by atoms with Crippen molar-refractivity contribution >= 4 is 5.69 Å². The summed E-state index contributed by atoms with van der Waals surface area (Å²) >= 11 is 0. The van der Waals surface area contributed by atoms with Gasteiger partial charge in [0.25, 0.3) is 0 Å². The fraction of sp³-hybridized carbons (Fsp3) is 0.600. The van der Waals surface area contributed by atoms with E-state index in [1.54, 1.807) is 13.0 Å². The van der Waals surface area contributed by atoms with Crippen LogP contribution in [0.2, 0.25) is 0 Å². The molecule has 0 spiro atoms. The molecule has 0 saturated carbocycles. The van der Waals surface area contributed by atoms with Crippen LogP contribution in [0.3, 0.4) is 0 Å². The van der Waals surface area contributed by atoms with Crippen LogP contribution in [-0.2, 0) is 6.54 Å². The molecular weight excluding hydrogens is 265 g/mol. The molecule has 0 heterocycles. The van der Waals surface area contributed by atoms with Crippen molar-refractivity contribution < 1.29 is 13.2 Å². The summed E-state index contributed by atoms with van der Waals surface area (Å²) in [5.41, 5.74) is 2.64. The molecule has 0 aliphatic heterocycles. The molecule has 0 radical (unpaired) electrons. The molecular formula is C15H23F3N2. The molecule has 1 rings (SSSR count). The normalized spacial score (nSPS) is 11.7. The van der Waals surface area contributed by atoms with Crippen molar-refractivity contribution in [2.45, 2.75) is 39.9 Å². The molecule has 0 fully saturated rings. The lowest BCUT2D eigenvalue weighted by Gasteiger charge is -2.26. The smallest absolute Gasteiger partial charge is 0.363 e. The van der Waals surface area contributed by atoms with Crippen LogP contribution in [0.5, 0.6) is 0 Å². The number of benzene rings is 1. The Bertz CT molecular complexity index is 416. The van der Waals surface area contributed by atoms with Crippen molar-refractivity contribution in [2.75, 3.05) is 24.5 Å². The molecule has 0 atom stereocenters. The Kier molecular flexibility index (Phi) is 6.33. The van der Waals surface area contributed by atoms with E-state index in [1.807, 2.05) is 19.1 Å². The maximum absolute atomic E-state index is 12.5. The molecule has 0 saturated heterocycles. The third-order valence-corrected chi connectivity index (χ3v) is 3.11. The van der Waals surface area contributed by atoms with Gasteiger partial charge in [0.2, 0.25) is 0 Å². The molecule has 1 aromatic carbocycles. The van der Waals surface area contributed by atoms with Crippen LogP contribution in [0.25, 0.3) is 0 Å². The van der Waals surface area contributed by atoms with Crippen LogP contribution < -0.4 is 10.2 Å². The number of hydrogen-bond donors (Lipinski definition) is 1. The quantitative estimate of drug-likeness (QED) is 0.766. The van der Waals surface area contributed by atoms with Gasteiger partial charge in [0.1, 0.15) is 6.54 Å². The van der Waals surface area contributed by atoms with E-state index in [9.17, 15) is 13.2 Å². The van der Waals surface area contributed by atoms with Crippen molar-refractivity contribution in [3.05, 3.63) is 29.3 Å². The number of nitrogens with zero attached hydrogens (tertiary/aromatic N) is 1. The van der Waals surface area contributed by atoms with Gasteiger partial charge in [0, 0.05) is 18.8 Å². The molecule has 0 bridgehead atoms. The predicted octanol–water partition coefficient (Wildman–Crippen LogP) is 3.88. The number of rotatable bonds is 7. The molecule has 0 aromatic heterocycles. The van der Waals surface area contributed by atoms with Crippen LogP contribution >= 0.6 is 0 Å². The zero-order valence-corrected chi connectivity index (χ0v) is 12.3. The lowest BCUT2D eigenvalue weighted by molar-refractivity contribution is -0.119. The third-order valence-electron chi connectivity index (χ3n) is 3.11. The highest BCUT2D eigenvalue weighted by molar-refractivity contribution is 5.54. The zero-order valence-electron chi connectivity index (χ0n) is 12.3. The van der Waals surface area contributed by atoms with Gasteiger partial charge in [-0.3, -0.25) is 0 Å². The summed E-state index contributed by atoms with van der Waals surface area (Å²) in [6.07, 6.45) is -3.12. The van der Waals surface area contributed by atoms with Crippen molar-refractivity contribution in [1.29, 1.82) is 0 Å². The summed E-state index contributed by atoms with van der Waals surface area (Å²) in [5, 5.41) is 3.29. The second-order valence-electron chi connectivity index (χ2n) is 4.93. The van der Waals surface area contributed by atoms with Gasteiger partial charge in [-0.05, 0) is 44.0 Å². The zero-order chi connectivity index (χ0) is 15.2. The molecule has 2 nitrogen and oxygen atoms in total. The number of nitrogens with one attached hydrogen (secondary N) is 1. The summed E-state index contributed by atoms with van der Waals surface area (Å²) < 4.78 is 37.6. The van der Waals surface area contributed by atoms with Crippen LogP contribution in [0, 0.1) is 6.92 Å². The van der Waals surface area contributed by atoms with Gasteiger partial charge in [-0.25, -0.2) is 0 Å². The van der Waals surface area contributed by atoms with E-state index in [0.29, 0.717) is 12.2 Å². The SMILES string of the molecule is CCCNCc1ccc(N(CC)CC(F)(F)F)c(C)c1. The van der Waals surface area contributed by atoms with E-state index in [0.717, 1.165) is 30.6 Å². The van der Waals surface area contributed by atoms with Gasteiger partial charge < -0.3 is 10.2 Å². The fourth-order valence-electron chi connectivity index (χ4n) is 2.18. The van der Waals surface area contributed by atoms with Crippen molar-refractivity contribution in [2.24, 2.45) is 0 Å². The maximum Gasteiger partial charge on any atom is 0.405 e. The minimum Gasteiger partial charge on any atom is -0.363 e. The Labute approximate surface area is 119 Å². The van der Waals surface area contributed by atoms with Crippen molar-refractivity contribution in [1.82, 2.24) is 5.32 Å². The average Bonchev–Trinajstić information content (AvgIpc) is 2.36. The highest BCUT2D eigenvalue weighted by atomic mass is 19.4. The van der Waals surface area contributed by atoms with Crippen molar-refractivity contribution in [3.8, 4) is 0 Å². The molecule has 0 unspecified atom stereocenters. The van der Waals surface area contributed by atoms with Crippen LogP contribution in [0.15, 0.2) is 18.2 Å². The van der Waals surface area contributed by atoms with Gasteiger partial charge in [0.15, 0.2) is 0 Å². The topological polar surface area (TPSA) is 15.3 Å². The Hall–Kier alpha value is -1.23. The monoisotopic (exact) mass is 288 g/mol. The fourth-order valence-corrected chi connectivity index (χ4v) is 2.18. The number of aryl methyl sites for hydroxylation is 1.